The summed E-state index contributed by atoms with van der Waals surface area (Å²) in [7, 11) is 0. The summed E-state index contributed by atoms with van der Waals surface area (Å²) in [6.45, 7) is 2.51. The van der Waals surface area contributed by atoms with Crippen LogP contribution in [-0.2, 0) is 6.54 Å². The summed E-state index contributed by atoms with van der Waals surface area (Å²) in [5.74, 6) is 0.741. The molecule has 1 heterocycles. The molecule has 0 radical (unpaired) electrons. The minimum absolute atomic E-state index is 0.0622. The Labute approximate surface area is 113 Å². The van der Waals surface area contributed by atoms with Gasteiger partial charge in [-0.1, -0.05) is 18.9 Å². The second-order valence-electron chi connectivity index (χ2n) is 5.25. The van der Waals surface area contributed by atoms with Crippen molar-refractivity contribution >= 4 is 11.6 Å². The van der Waals surface area contributed by atoms with Crippen molar-refractivity contribution in [3.63, 3.8) is 0 Å². The Balaban J connectivity index is 1.76. The molecule has 0 atom stereocenters. The van der Waals surface area contributed by atoms with E-state index >= 15 is 0 Å². The molecule has 0 unspecified atom stereocenters. The van der Waals surface area contributed by atoms with Crippen LogP contribution < -0.4 is 10.9 Å². The topological polar surface area (TPSA) is 34.0 Å². The highest BCUT2D eigenvalue weighted by molar-refractivity contribution is 6.18. The first kappa shape index (κ1) is 13.6. The van der Waals surface area contributed by atoms with Gasteiger partial charge in [-0.15, -0.1) is 11.6 Å². The maximum Gasteiger partial charge on any atom is 0.250 e. The van der Waals surface area contributed by atoms with Gasteiger partial charge in [-0.25, -0.2) is 0 Å². The summed E-state index contributed by atoms with van der Waals surface area (Å²) in [5.41, 5.74) is 0.357. The van der Waals surface area contributed by atoms with Crippen molar-refractivity contribution in [1.29, 1.82) is 0 Å². The fourth-order valence-electron chi connectivity index (χ4n) is 2.68. The normalized spacial score (nSPS) is 18.1. The van der Waals surface area contributed by atoms with E-state index in [0.29, 0.717) is 5.41 Å². The number of nitrogens with one attached hydrogen (secondary N) is 1. The molecule has 0 amide bonds. The molecular formula is C14H21ClN2O. The zero-order valence-electron chi connectivity index (χ0n) is 10.7. The average Bonchev–Trinajstić information content (AvgIpc) is 2.86. The number of halogens is 1. The number of hydrogen-bond acceptors (Lipinski definition) is 2. The molecule has 3 nitrogen and oxygen atoms in total. The molecule has 0 aliphatic heterocycles. The summed E-state index contributed by atoms with van der Waals surface area (Å²) < 4.78 is 1.73. The molecule has 18 heavy (non-hydrogen) atoms. The number of nitrogens with zero attached hydrogens (tertiary/aromatic N) is 1. The molecular weight excluding hydrogens is 248 g/mol. The standard InChI is InChI=1S/C14H21ClN2O/c15-11-14(6-2-3-7-14)12-16-8-10-17-9-4-1-5-13(17)18/h1,4-5,9,16H,2-3,6-8,10-12H2. The monoisotopic (exact) mass is 268 g/mol. The van der Waals surface area contributed by atoms with E-state index in [4.69, 9.17) is 11.6 Å². The Kier molecular flexibility index (Phi) is 4.84. The van der Waals surface area contributed by atoms with Crippen LogP contribution in [-0.4, -0.2) is 23.5 Å². The molecule has 1 aromatic rings. The molecule has 0 bridgehead atoms. The fourth-order valence-corrected chi connectivity index (χ4v) is 3.04. The van der Waals surface area contributed by atoms with Gasteiger partial charge in [0.05, 0.1) is 0 Å². The van der Waals surface area contributed by atoms with E-state index in [1.807, 2.05) is 12.3 Å². The number of rotatable bonds is 6. The van der Waals surface area contributed by atoms with Crippen molar-refractivity contribution in [1.82, 2.24) is 9.88 Å². The van der Waals surface area contributed by atoms with Gasteiger partial charge in [0, 0.05) is 37.8 Å². The largest absolute Gasteiger partial charge is 0.314 e. The third-order valence-corrected chi connectivity index (χ3v) is 4.44. The summed E-state index contributed by atoms with van der Waals surface area (Å²) in [6.07, 6.45) is 6.89. The van der Waals surface area contributed by atoms with Crippen molar-refractivity contribution in [3.8, 4) is 0 Å². The minimum Gasteiger partial charge on any atom is -0.314 e. The lowest BCUT2D eigenvalue weighted by Crippen LogP contribution is -2.36. The van der Waals surface area contributed by atoms with E-state index in [0.717, 1.165) is 25.5 Å². The first-order chi connectivity index (χ1) is 8.76. The highest BCUT2D eigenvalue weighted by Crippen LogP contribution is 2.38. The summed E-state index contributed by atoms with van der Waals surface area (Å²) >= 11 is 6.09. The highest BCUT2D eigenvalue weighted by atomic mass is 35.5. The Morgan fingerprint density at radius 1 is 1.33 bits per heavy atom. The van der Waals surface area contributed by atoms with Crippen LogP contribution in [0.5, 0.6) is 0 Å². The maximum absolute atomic E-state index is 11.5. The molecule has 2 rings (SSSR count). The third-order valence-electron chi connectivity index (χ3n) is 3.88. The molecule has 1 aliphatic rings. The average molecular weight is 269 g/mol. The van der Waals surface area contributed by atoms with Crippen molar-refractivity contribution < 1.29 is 0 Å². The highest BCUT2D eigenvalue weighted by Gasteiger charge is 2.32. The Bertz CT molecular complexity index is 424. The molecule has 1 aliphatic carbocycles. The van der Waals surface area contributed by atoms with E-state index < -0.39 is 0 Å². The number of hydrogen-bond donors (Lipinski definition) is 1. The van der Waals surface area contributed by atoms with E-state index in [1.54, 1.807) is 16.7 Å². The Morgan fingerprint density at radius 3 is 2.78 bits per heavy atom. The van der Waals surface area contributed by atoms with Gasteiger partial charge < -0.3 is 9.88 Å². The second kappa shape index (κ2) is 6.39. The van der Waals surface area contributed by atoms with E-state index in [1.165, 1.54) is 25.7 Å². The van der Waals surface area contributed by atoms with Gasteiger partial charge in [0.1, 0.15) is 0 Å². The van der Waals surface area contributed by atoms with Gasteiger partial charge >= 0.3 is 0 Å². The van der Waals surface area contributed by atoms with Crippen LogP contribution in [0.1, 0.15) is 25.7 Å². The van der Waals surface area contributed by atoms with Gasteiger partial charge in [-0.3, -0.25) is 4.79 Å². The lowest BCUT2D eigenvalue weighted by atomic mass is 9.88. The van der Waals surface area contributed by atoms with Crippen LogP contribution in [0.2, 0.25) is 0 Å². The second-order valence-corrected chi connectivity index (χ2v) is 5.52. The molecule has 1 aromatic heterocycles. The molecule has 1 fully saturated rings. The molecule has 100 valence electrons. The third kappa shape index (κ3) is 3.36. The molecule has 0 saturated heterocycles. The van der Waals surface area contributed by atoms with Gasteiger partial charge in [0.2, 0.25) is 0 Å². The molecule has 4 heteroatoms. The van der Waals surface area contributed by atoms with Crippen molar-refractivity contribution in [2.24, 2.45) is 5.41 Å². The van der Waals surface area contributed by atoms with Crippen LogP contribution in [0.4, 0.5) is 0 Å². The number of alkyl halides is 1. The predicted molar refractivity (Wildman–Crippen MR) is 75.2 cm³/mol. The number of pyridine rings is 1. The first-order valence-electron chi connectivity index (χ1n) is 6.68. The quantitative estimate of drug-likeness (QED) is 0.634. The van der Waals surface area contributed by atoms with Crippen LogP contribution in [0.3, 0.4) is 0 Å². The molecule has 1 N–H and O–H groups in total. The fraction of sp³-hybridized carbons (Fsp3) is 0.643. The SMILES string of the molecule is O=c1ccccn1CCNCC1(CCl)CCCC1. The minimum atomic E-state index is 0.0622. The molecule has 0 aromatic carbocycles. The van der Waals surface area contributed by atoms with Gasteiger partial charge in [0.15, 0.2) is 0 Å². The summed E-state index contributed by atoms with van der Waals surface area (Å²) in [6, 6.07) is 5.25. The summed E-state index contributed by atoms with van der Waals surface area (Å²) in [5, 5.41) is 3.45. The van der Waals surface area contributed by atoms with Crippen molar-refractivity contribution in [2.75, 3.05) is 19.0 Å². The van der Waals surface area contributed by atoms with Crippen molar-refractivity contribution in [3.05, 3.63) is 34.7 Å². The van der Waals surface area contributed by atoms with Gasteiger partial charge in [-0.2, -0.15) is 0 Å². The lowest BCUT2D eigenvalue weighted by Gasteiger charge is -2.26. The first-order valence-corrected chi connectivity index (χ1v) is 7.21. The Hall–Kier alpha value is -0.800. The van der Waals surface area contributed by atoms with Gasteiger partial charge in [-0.05, 0) is 24.3 Å². The summed E-state index contributed by atoms with van der Waals surface area (Å²) in [4.78, 5) is 11.5. The maximum atomic E-state index is 11.5. The van der Waals surface area contributed by atoms with Crippen LogP contribution >= 0.6 is 11.6 Å². The van der Waals surface area contributed by atoms with Crippen molar-refractivity contribution in [2.45, 2.75) is 32.2 Å². The van der Waals surface area contributed by atoms with Crippen LogP contribution in [0, 0.1) is 5.41 Å². The van der Waals surface area contributed by atoms with E-state index in [-0.39, 0.29) is 5.56 Å². The van der Waals surface area contributed by atoms with Crippen LogP contribution in [0.25, 0.3) is 0 Å². The number of aromatic nitrogens is 1. The van der Waals surface area contributed by atoms with E-state index in [2.05, 4.69) is 5.32 Å². The van der Waals surface area contributed by atoms with Gasteiger partial charge in [0.25, 0.3) is 5.56 Å². The smallest absolute Gasteiger partial charge is 0.250 e. The lowest BCUT2D eigenvalue weighted by molar-refractivity contribution is 0.318. The predicted octanol–water partition coefficient (Wildman–Crippen LogP) is 2.24. The molecule has 1 saturated carbocycles. The Morgan fingerprint density at radius 2 is 2.11 bits per heavy atom. The zero-order chi connectivity index (χ0) is 12.8. The van der Waals surface area contributed by atoms with Crippen LogP contribution in [0.15, 0.2) is 29.2 Å². The van der Waals surface area contributed by atoms with E-state index in [9.17, 15) is 4.79 Å². The molecule has 0 spiro atoms. The zero-order valence-corrected chi connectivity index (χ0v) is 11.5.